The summed E-state index contributed by atoms with van der Waals surface area (Å²) in [5, 5.41) is 9.18. The minimum absolute atomic E-state index is 0.00582. The van der Waals surface area contributed by atoms with Gasteiger partial charge in [-0.1, -0.05) is 33.8 Å². The summed E-state index contributed by atoms with van der Waals surface area (Å²) in [5.74, 6) is 0.875. The molecule has 0 fully saturated rings. The predicted octanol–water partition coefficient (Wildman–Crippen LogP) is 4.31. The first kappa shape index (κ1) is 14.3. The van der Waals surface area contributed by atoms with Crippen molar-refractivity contribution in [3.05, 3.63) is 35.4 Å². The van der Waals surface area contributed by atoms with Gasteiger partial charge in [0.15, 0.2) is 0 Å². The molecule has 2 heteroatoms. The van der Waals surface area contributed by atoms with E-state index in [9.17, 15) is 5.26 Å². The highest BCUT2D eigenvalue weighted by molar-refractivity contribution is 5.77. The van der Waals surface area contributed by atoms with Gasteiger partial charge in [-0.3, -0.25) is 0 Å². The highest BCUT2D eigenvalue weighted by atomic mass is 16.5. The van der Waals surface area contributed by atoms with Gasteiger partial charge in [0.2, 0.25) is 0 Å². The maximum Gasteiger partial charge on any atom is 0.122 e. The van der Waals surface area contributed by atoms with Crippen LogP contribution in [-0.4, -0.2) is 7.11 Å². The Morgan fingerprint density at radius 3 is 2.50 bits per heavy atom. The third kappa shape index (κ3) is 3.13. The van der Waals surface area contributed by atoms with E-state index in [1.807, 2.05) is 25.1 Å². The molecule has 0 aliphatic carbocycles. The van der Waals surface area contributed by atoms with E-state index in [1.165, 1.54) is 0 Å². The van der Waals surface area contributed by atoms with Crippen LogP contribution >= 0.6 is 0 Å². The third-order valence-electron chi connectivity index (χ3n) is 2.85. The second-order valence-electron chi connectivity index (χ2n) is 5.30. The van der Waals surface area contributed by atoms with Crippen molar-refractivity contribution in [3.63, 3.8) is 0 Å². The Morgan fingerprint density at radius 1 is 1.39 bits per heavy atom. The van der Waals surface area contributed by atoms with Crippen LogP contribution < -0.4 is 4.74 Å². The highest BCUT2D eigenvalue weighted by Crippen LogP contribution is 2.33. The lowest BCUT2D eigenvalue weighted by Gasteiger charge is -2.22. The van der Waals surface area contributed by atoms with Gasteiger partial charge < -0.3 is 4.74 Å². The summed E-state index contributed by atoms with van der Waals surface area (Å²) in [6, 6.07) is 8.20. The minimum atomic E-state index is -0.00582. The van der Waals surface area contributed by atoms with Crippen molar-refractivity contribution < 1.29 is 4.74 Å². The number of nitriles is 1. The highest BCUT2D eigenvalue weighted by Gasteiger charge is 2.19. The number of allylic oxidation sites excluding steroid dienone is 2. The number of hydrogen-bond acceptors (Lipinski definition) is 2. The zero-order chi connectivity index (χ0) is 13.8. The molecule has 0 radical (unpaired) electrons. The van der Waals surface area contributed by atoms with Gasteiger partial charge in [-0.2, -0.15) is 5.26 Å². The number of benzene rings is 1. The van der Waals surface area contributed by atoms with Crippen LogP contribution in [0.25, 0.3) is 5.57 Å². The fraction of sp³-hybridized carbons (Fsp3) is 0.438. The monoisotopic (exact) mass is 243 g/mol. The normalized spacial score (nSPS) is 12.1. The molecule has 0 aliphatic heterocycles. The first-order valence-corrected chi connectivity index (χ1v) is 6.23. The van der Waals surface area contributed by atoms with Gasteiger partial charge in [0.05, 0.1) is 18.8 Å². The molecule has 0 heterocycles. The van der Waals surface area contributed by atoms with Crippen LogP contribution in [0.5, 0.6) is 5.75 Å². The van der Waals surface area contributed by atoms with Gasteiger partial charge >= 0.3 is 0 Å². The van der Waals surface area contributed by atoms with Crippen molar-refractivity contribution >= 4 is 5.57 Å². The summed E-state index contributed by atoms with van der Waals surface area (Å²) in [4.78, 5) is 0. The molecule has 0 unspecified atom stereocenters. The van der Waals surface area contributed by atoms with Crippen LogP contribution in [0.1, 0.15) is 45.2 Å². The smallest absolute Gasteiger partial charge is 0.122 e. The first-order valence-electron chi connectivity index (χ1n) is 6.23. The minimum Gasteiger partial charge on any atom is -0.496 e. The van der Waals surface area contributed by atoms with Gasteiger partial charge in [0.1, 0.15) is 5.75 Å². The lowest BCUT2D eigenvalue weighted by molar-refractivity contribution is 0.397. The van der Waals surface area contributed by atoms with E-state index < -0.39 is 0 Å². The van der Waals surface area contributed by atoms with Crippen molar-refractivity contribution in [3.8, 4) is 11.8 Å². The molecule has 0 N–H and O–H groups in total. The Bertz CT molecular complexity index is 487. The fourth-order valence-corrected chi connectivity index (χ4v) is 1.89. The summed E-state index contributed by atoms with van der Waals surface area (Å²) in [6.07, 6.45) is 2.81. The van der Waals surface area contributed by atoms with Crippen LogP contribution in [0.3, 0.4) is 0 Å². The van der Waals surface area contributed by atoms with Crippen molar-refractivity contribution in [2.75, 3.05) is 7.11 Å². The van der Waals surface area contributed by atoms with Crippen molar-refractivity contribution in [2.45, 2.75) is 39.5 Å². The van der Waals surface area contributed by atoms with E-state index in [2.05, 4.69) is 32.9 Å². The SMILES string of the molecule is CC/C=C(\C#N)c1ccc(OC)c(C(C)(C)C)c1. The van der Waals surface area contributed by atoms with Gasteiger partial charge in [0, 0.05) is 5.56 Å². The van der Waals surface area contributed by atoms with Crippen molar-refractivity contribution in [1.82, 2.24) is 0 Å². The average Bonchev–Trinajstić information content (AvgIpc) is 2.34. The maximum absolute atomic E-state index is 9.18. The van der Waals surface area contributed by atoms with Gasteiger partial charge in [0.25, 0.3) is 0 Å². The predicted molar refractivity (Wildman–Crippen MR) is 75.6 cm³/mol. The van der Waals surface area contributed by atoms with E-state index in [-0.39, 0.29) is 5.41 Å². The lowest BCUT2D eigenvalue weighted by atomic mass is 9.84. The molecule has 0 amide bonds. The Morgan fingerprint density at radius 2 is 2.06 bits per heavy atom. The van der Waals surface area contributed by atoms with E-state index in [1.54, 1.807) is 7.11 Å². The third-order valence-corrected chi connectivity index (χ3v) is 2.85. The van der Waals surface area contributed by atoms with Crippen LogP contribution in [0.15, 0.2) is 24.3 Å². The van der Waals surface area contributed by atoms with Gasteiger partial charge in [-0.15, -0.1) is 0 Å². The van der Waals surface area contributed by atoms with Crippen LogP contribution in [-0.2, 0) is 5.41 Å². The molecule has 1 aromatic carbocycles. The topological polar surface area (TPSA) is 33.0 Å². The molecule has 0 aromatic heterocycles. The lowest BCUT2D eigenvalue weighted by Crippen LogP contribution is -2.13. The molecular formula is C16H21NO. The van der Waals surface area contributed by atoms with Crippen LogP contribution in [0, 0.1) is 11.3 Å². The molecule has 1 aromatic rings. The first-order chi connectivity index (χ1) is 8.43. The van der Waals surface area contributed by atoms with Crippen molar-refractivity contribution in [1.29, 1.82) is 5.26 Å². The summed E-state index contributed by atoms with van der Waals surface area (Å²) in [6.45, 7) is 8.46. The van der Waals surface area contributed by atoms with E-state index >= 15 is 0 Å². The maximum atomic E-state index is 9.18. The number of hydrogen-bond donors (Lipinski definition) is 0. The Hall–Kier alpha value is -1.75. The zero-order valence-corrected chi connectivity index (χ0v) is 11.9. The molecule has 0 saturated heterocycles. The zero-order valence-electron chi connectivity index (χ0n) is 11.9. The number of rotatable bonds is 3. The molecule has 0 spiro atoms. The Balaban J connectivity index is 3.36. The van der Waals surface area contributed by atoms with E-state index in [0.717, 1.165) is 28.9 Å². The van der Waals surface area contributed by atoms with Gasteiger partial charge in [-0.05, 0) is 35.6 Å². The molecule has 0 saturated carbocycles. The summed E-state index contributed by atoms with van der Waals surface area (Å²) >= 11 is 0. The average molecular weight is 243 g/mol. The summed E-state index contributed by atoms with van der Waals surface area (Å²) < 4.78 is 5.40. The second kappa shape index (κ2) is 5.73. The van der Waals surface area contributed by atoms with Crippen molar-refractivity contribution in [2.24, 2.45) is 0 Å². The molecule has 1 rings (SSSR count). The Labute approximate surface area is 110 Å². The van der Waals surface area contributed by atoms with Gasteiger partial charge in [-0.25, -0.2) is 0 Å². The number of methoxy groups -OCH3 is 1. The molecule has 0 aliphatic rings. The summed E-state index contributed by atoms with van der Waals surface area (Å²) in [7, 11) is 1.68. The Kier molecular flexibility index (Phi) is 4.55. The number of ether oxygens (including phenoxy) is 1. The second-order valence-corrected chi connectivity index (χ2v) is 5.30. The number of nitrogens with zero attached hydrogens (tertiary/aromatic N) is 1. The quantitative estimate of drug-likeness (QED) is 0.741. The molecule has 0 atom stereocenters. The fourth-order valence-electron chi connectivity index (χ4n) is 1.89. The van der Waals surface area contributed by atoms with Crippen LogP contribution in [0.4, 0.5) is 0 Å². The molecule has 96 valence electrons. The largest absolute Gasteiger partial charge is 0.496 e. The molecule has 2 nitrogen and oxygen atoms in total. The standard InChI is InChI=1S/C16H21NO/c1-6-7-13(11-17)12-8-9-15(18-5)14(10-12)16(2,3)4/h7-10H,6H2,1-5H3/b13-7+. The molecule has 0 bridgehead atoms. The van der Waals surface area contributed by atoms with E-state index in [4.69, 9.17) is 4.74 Å². The van der Waals surface area contributed by atoms with E-state index in [0.29, 0.717) is 0 Å². The molecule has 18 heavy (non-hydrogen) atoms. The van der Waals surface area contributed by atoms with Crippen LogP contribution in [0.2, 0.25) is 0 Å². The molecular weight excluding hydrogens is 222 g/mol. The summed E-state index contributed by atoms with van der Waals surface area (Å²) in [5.41, 5.74) is 2.81.